The van der Waals surface area contributed by atoms with E-state index < -0.39 is 0 Å². The monoisotopic (exact) mass is 490 g/mol. The lowest BCUT2D eigenvalue weighted by Crippen LogP contribution is -2.33. The number of methoxy groups -OCH3 is 1. The Hall–Kier alpha value is -2.79. The molecule has 164 valence electrons. The molecule has 0 aromatic heterocycles. The standard InChI is InChI=1S/C27H27BrN2O2/c1-27(2,3)19-9-5-18(6-10-19)26-30-24(22-15-20(28)11-14-25(22)32-26)16-23(29-30)17-7-12-21(31-4)13-8-17/h5-15,24,26H,16H2,1-4H3/t24-,26+/m0/s1. The van der Waals surface area contributed by atoms with Gasteiger partial charge in [-0.15, -0.1) is 0 Å². The van der Waals surface area contributed by atoms with Crippen molar-refractivity contribution in [2.45, 2.75) is 44.9 Å². The molecular weight excluding hydrogens is 464 g/mol. The Morgan fingerprint density at radius 1 is 1.00 bits per heavy atom. The van der Waals surface area contributed by atoms with Crippen molar-refractivity contribution in [2.75, 3.05) is 7.11 Å². The van der Waals surface area contributed by atoms with Crippen LogP contribution in [0.1, 0.15) is 61.7 Å². The molecule has 2 heterocycles. The molecule has 0 saturated carbocycles. The molecule has 0 spiro atoms. The van der Waals surface area contributed by atoms with Gasteiger partial charge in [-0.3, -0.25) is 0 Å². The van der Waals surface area contributed by atoms with E-state index in [0.29, 0.717) is 0 Å². The van der Waals surface area contributed by atoms with Gasteiger partial charge in [0.15, 0.2) is 0 Å². The van der Waals surface area contributed by atoms with Crippen LogP contribution < -0.4 is 9.47 Å². The van der Waals surface area contributed by atoms with Gasteiger partial charge in [-0.2, -0.15) is 5.10 Å². The fraction of sp³-hybridized carbons (Fsp3) is 0.296. The van der Waals surface area contributed by atoms with Crippen LogP contribution in [0.25, 0.3) is 0 Å². The molecule has 0 radical (unpaired) electrons. The zero-order chi connectivity index (χ0) is 22.5. The molecule has 4 nitrogen and oxygen atoms in total. The van der Waals surface area contributed by atoms with E-state index in [-0.39, 0.29) is 17.7 Å². The van der Waals surface area contributed by atoms with Gasteiger partial charge in [-0.05, 0) is 59.0 Å². The lowest BCUT2D eigenvalue weighted by atomic mass is 9.86. The van der Waals surface area contributed by atoms with Gasteiger partial charge in [0.25, 0.3) is 0 Å². The quantitative estimate of drug-likeness (QED) is 0.396. The topological polar surface area (TPSA) is 34.1 Å². The number of hydrogen-bond donors (Lipinski definition) is 0. The van der Waals surface area contributed by atoms with Crippen LogP contribution in [0.2, 0.25) is 0 Å². The average Bonchev–Trinajstić information content (AvgIpc) is 3.24. The first-order valence-electron chi connectivity index (χ1n) is 10.9. The third-order valence-corrected chi connectivity index (χ3v) is 6.73. The van der Waals surface area contributed by atoms with E-state index >= 15 is 0 Å². The van der Waals surface area contributed by atoms with Crippen molar-refractivity contribution in [3.63, 3.8) is 0 Å². The van der Waals surface area contributed by atoms with E-state index in [4.69, 9.17) is 14.6 Å². The molecule has 0 amide bonds. The zero-order valence-corrected chi connectivity index (χ0v) is 20.4. The molecule has 5 heteroatoms. The first-order valence-corrected chi connectivity index (χ1v) is 11.7. The van der Waals surface area contributed by atoms with Crippen molar-refractivity contribution in [1.29, 1.82) is 0 Å². The zero-order valence-electron chi connectivity index (χ0n) is 18.8. The van der Waals surface area contributed by atoms with Crippen LogP contribution in [-0.2, 0) is 5.41 Å². The highest BCUT2D eigenvalue weighted by atomic mass is 79.9. The van der Waals surface area contributed by atoms with Crippen molar-refractivity contribution in [1.82, 2.24) is 5.01 Å². The number of rotatable bonds is 3. The van der Waals surface area contributed by atoms with Gasteiger partial charge in [0, 0.05) is 22.0 Å². The van der Waals surface area contributed by atoms with E-state index in [1.807, 2.05) is 18.2 Å². The van der Waals surface area contributed by atoms with Crippen molar-refractivity contribution in [3.05, 3.63) is 93.5 Å². The number of hydrazone groups is 1. The van der Waals surface area contributed by atoms with E-state index in [9.17, 15) is 0 Å². The Bertz CT molecular complexity index is 1160. The third kappa shape index (κ3) is 3.79. The highest BCUT2D eigenvalue weighted by Gasteiger charge is 2.41. The lowest BCUT2D eigenvalue weighted by Gasteiger charge is -2.38. The Morgan fingerprint density at radius 3 is 2.38 bits per heavy atom. The average molecular weight is 491 g/mol. The minimum atomic E-state index is -0.265. The number of nitrogens with zero attached hydrogens (tertiary/aromatic N) is 2. The summed E-state index contributed by atoms with van der Waals surface area (Å²) >= 11 is 3.62. The number of hydrogen-bond acceptors (Lipinski definition) is 4. The Balaban J connectivity index is 1.55. The van der Waals surface area contributed by atoms with Crippen molar-refractivity contribution in [3.8, 4) is 11.5 Å². The minimum absolute atomic E-state index is 0.112. The number of halogens is 1. The lowest BCUT2D eigenvalue weighted by molar-refractivity contribution is -0.0191. The first kappa shape index (κ1) is 21.1. The van der Waals surface area contributed by atoms with Gasteiger partial charge < -0.3 is 9.47 Å². The van der Waals surface area contributed by atoms with E-state index in [2.05, 4.69) is 90.2 Å². The summed E-state index contributed by atoms with van der Waals surface area (Å²) in [4.78, 5) is 0. The molecule has 0 fully saturated rings. The van der Waals surface area contributed by atoms with Gasteiger partial charge in [0.2, 0.25) is 6.23 Å². The Kier molecular flexibility index (Phi) is 5.25. The molecule has 3 aromatic rings. The highest BCUT2D eigenvalue weighted by Crippen LogP contribution is 2.48. The molecule has 2 atom stereocenters. The molecule has 0 aliphatic carbocycles. The van der Waals surface area contributed by atoms with E-state index in [0.717, 1.165) is 44.8 Å². The predicted molar refractivity (Wildman–Crippen MR) is 131 cm³/mol. The predicted octanol–water partition coefficient (Wildman–Crippen LogP) is 7.00. The first-order chi connectivity index (χ1) is 15.3. The maximum Gasteiger partial charge on any atom is 0.213 e. The van der Waals surface area contributed by atoms with Crippen molar-refractivity contribution in [2.24, 2.45) is 5.10 Å². The summed E-state index contributed by atoms with van der Waals surface area (Å²) in [5, 5.41) is 7.19. The molecule has 0 N–H and O–H groups in total. The molecule has 0 bridgehead atoms. The van der Waals surface area contributed by atoms with Crippen LogP contribution in [0.3, 0.4) is 0 Å². The molecule has 32 heavy (non-hydrogen) atoms. The van der Waals surface area contributed by atoms with Crippen molar-refractivity contribution < 1.29 is 9.47 Å². The van der Waals surface area contributed by atoms with Crippen LogP contribution in [0.15, 0.2) is 76.3 Å². The van der Waals surface area contributed by atoms with E-state index in [1.54, 1.807) is 7.11 Å². The summed E-state index contributed by atoms with van der Waals surface area (Å²) in [6.45, 7) is 6.69. The molecule has 0 saturated heterocycles. The van der Waals surface area contributed by atoms with Crippen LogP contribution in [-0.4, -0.2) is 17.8 Å². The number of fused-ring (bicyclic) bond motifs is 3. The van der Waals surface area contributed by atoms with Gasteiger partial charge >= 0.3 is 0 Å². The SMILES string of the molecule is COc1ccc(C2=NN3[C@@H](c4ccc(C(C)(C)C)cc4)Oc4ccc(Br)cc4[C@@H]3C2)cc1. The summed E-state index contributed by atoms with van der Waals surface area (Å²) in [5.74, 6) is 1.77. The molecule has 2 aliphatic rings. The van der Waals surface area contributed by atoms with Crippen LogP contribution in [0.5, 0.6) is 11.5 Å². The number of ether oxygens (including phenoxy) is 2. The number of benzene rings is 3. The van der Waals surface area contributed by atoms with Gasteiger partial charge in [0.1, 0.15) is 11.5 Å². The maximum atomic E-state index is 6.51. The summed E-state index contributed by atoms with van der Waals surface area (Å²) < 4.78 is 12.9. The van der Waals surface area contributed by atoms with Crippen LogP contribution in [0.4, 0.5) is 0 Å². The second-order valence-corrected chi connectivity index (χ2v) is 10.3. The molecule has 5 rings (SSSR count). The normalized spacial score (nSPS) is 19.7. The smallest absolute Gasteiger partial charge is 0.213 e. The minimum Gasteiger partial charge on any atom is -0.497 e. The molecule has 0 unspecified atom stereocenters. The molecule has 3 aromatic carbocycles. The molecule has 2 aliphatic heterocycles. The summed E-state index contributed by atoms with van der Waals surface area (Å²) in [6.07, 6.45) is 0.564. The summed E-state index contributed by atoms with van der Waals surface area (Å²) in [6, 6.07) is 23.2. The Morgan fingerprint density at radius 2 is 1.72 bits per heavy atom. The second-order valence-electron chi connectivity index (χ2n) is 9.40. The van der Waals surface area contributed by atoms with Gasteiger partial charge in [-0.1, -0.05) is 61.0 Å². The van der Waals surface area contributed by atoms with E-state index in [1.165, 1.54) is 5.56 Å². The Labute approximate surface area is 198 Å². The van der Waals surface area contributed by atoms with Gasteiger partial charge in [-0.25, -0.2) is 5.01 Å². The maximum absolute atomic E-state index is 6.51. The van der Waals surface area contributed by atoms with Crippen LogP contribution >= 0.6 is 15.9 Å². The second kappa shape index (κ2) is 7.96. The van der Waals surface area contributed by atoms with Gasteiger partial charge in [0.05, 0.1) is 18.9 Å². The third-order valence-electron chi connectivity index (χ3n) is 6.24. The molecular formula is C27H27BrN2O2. The fourth-order valence-corrected chi connectivity index (χ4v) is 4.76. The summed E-state index contributed by atoms with van der Waals surface area (Å²) in [7, 11) is 1.68. The largest absolute Gasteiger partial charge is 0.497 e. The fourth-order valence-electron chi connectivity index (χ4n) is 4.38. The summed E-state index contributed by atoms with van der Waals surface area (Å²) in [5.41, 5.74) is 5.86. The van der Waals surface area contributed by atoms with Crippen LogP contribution in [0, 0.1) is 0 Å². The van der Waals surface area contributed by atoms with Crippen molar-refractivity contribution >= 4 is 21.6 Å². The highest BCUT2D eigenvalue weighted by molar-refractivity contribution is 9.10.